The highest BCUT2D eigenvalue weighted by Crippen LogP contribution is 2.59. The van der Waals surface area contributed by atoms with Gasteiger partial charge in [0.05, 0.1) is 12.2 Å². The maximum atomic E-state index is 15.8. The lowest BCUT2D eigenvalue weighted by molar-refractivity contribution is -0.124. The lowest BCUT2D eigenvalue weighted by Gasteiger charge is -2.31. The van der Waals surface area contributed by atoms with Crippen molar-refractivity contribution in [2.24, 2.45) is 5.92 Å². The number of anilines is 1. The zero-order valence-electron chi connectivity index (χ0n) is 25.8. The summed E-state index contributed by atoms with van der Waals surface area (Å²) in [5, 5.41) is 7.62. The highest BCUT2D eigenvalue weighted by molar-refractivity contribution is 6.13. The lowest BCUT2D eigenvalue weighted by Crippen LogP contribution is -2.52. The molecule has 4 aromatic carbocycles. The zero-order chi connectivity index (χ0) is 32.3. The number of furan rings is 1. The number of rotatable bonds is 5. The van der Waals surface area contributed by atoms with Gasteiger partial charge in [0.2, 0.25) is 0 Å². The number of nitrogens with one attached hydrogen (secondary N) is 2. The van der Waals surface area contributed by atoms with Crippen LogP contribution in [0.25, 0.3) is 11.0 Å². The number of amides is 2. The van der Waals surface area contributed by atoms with Gasteiger partial charge in [0, 0.05) is 84.1 Å². The van der Waals surface area contributed by atoms with Crippen LogP contribution in [0.3, 0.4) is 0 Å². The fraction of sp³-hybridized carbons (Fsp3) is 0.237. The van der Waals surface area contributed by atoms with Gasteiger partial charge in [0.1, 0.15) is 16.9 Å². The number of carbonyl (C=O) groups excluding carboxylic acids is 3. The van der Waals surface area contributed by atoms with Gasteiger partial charge in [0.25, 0.3) is 11.8 Å². The summed E-state index contributed by atoms with van der Waals surface area (Å²) in [6, 6.07) is 27.4. The predicted octanol–water partition coefficient (Wildman–Crippen LogP) is 5.42. The van der Waals surface area contributed by atoms with E-state index in [0.717, 1.165) is 18.5 Å². The van der Waals surface area contributed by atoms with Gasteiger partial charge in [-0.3, -0.25) is 19.7 Å². The molecule has 0 radical (unpaired) electrons. The highest BCUT2D eigenvalue weighted by atomic mass is 19.1. The zero-order valence-corrected chi connectivity index (χ0v) is 25.8. The van der Waals surface area contributed by atoms with E-state index < -0.39 is 29.2 Å². The largest absolute Gasteiger partial charge is 0.464 e. The second kappa shape index (κ2) is 11.3. The Morgan fingerprint density at radius 1 is 0.851 bits per heavy atom. The SMILES string of the molecule is CN1C(=O)[C@@]2(N[C@@H](c3ccccc3F)[C@H](c3coc4ccccc34)[C@H]2C(=O)c2ccc(C(=O)N3CCNCC3)cc2)c2ccccc21. The number of fused-ring (bicyclic) bond motifs is 3. The molecule has 0 aliphatic carbocycles. The molecule has 2 saturated heterocycles. The molecular formula is C38H33FN4O4. The molecule has 4 atom stereocenters. The van der Waals surface area contributed by atoms with Crippen LogP contribution in [0.5, 0.6) is 0 Å². The number of hydrogen-bond acceptors (Lipinski definition) is 6. The van der Waals surface area contributed by atoms with E-state index in [1.807, 2.05) is 48.5 Å². The normalized spacial score (nSPS) is 23.9. The molecule has 4 heterocycles. The lowest BCUT2D eigenvalue weighted by atomic mass is 9.69. The Labute approximate surface area is 271 Å². The number of carbonyl (C=O) groups is 3. The Balaban J connectivity index is 1.32. The molecule has 5 aromatic rings. The second-order valence-electron chi connectivity index (χ2n) is 12.5. The minimum Gasteiger partial charge on any atom is -0.464 e. The van der Waals surface area contributed by atoms with Gasteiger partial charge in [0.15, 0.2) is 5.78 Å². The van der Waals surface area contributed by atoms with E-state index in [1.165, 1.54) is 6.07 Å². The maximum Gasteiger partial charge on any atom is 0.253 e. The van der Waals surface area contributed by atoms with Crippen LogP contribution in [0.1, 0.15) is 49.4 Å². The molecule has 2 amide bonds. The smallest absolute Gasteiger partial charge is 0.253 e. The maximum absolute atomic E-state index is 15.8. The Morgan fingerprint density at radius 2 is 1.53 bits per heavy atom. The molecular weight excluding hydrogens is 595 g/mol. The first-order valence-electron chi connectivity index (χ1n) is 15.9. The van der Waals surface area contributed by atoms with E-state index in [1.54, 1.807) is 65.6 Å². The molecule has 236 valence electrons. The summed E-state index contributed by atoms with van der Waals surface area (Å²) < 4.78 is 21.8. The van der Waals surface area contributed by atoms with Crippen LogP contribution in [-0.4, -0.2) is 55.7 Å². The highest BCUT2D eigenvalue weighted by Gasteiger charge is 2.66. The minimum atomic E-state index is -1.51. The molecule has 2 N–H and O–H groups in total. The van der Waals surface area contributed by atoms with Crippen molar-refractivity contribution in [1.82, 2.24) is 15.5 Å². The summed E-state index contributed by atoms with van der Waals surface area (Å²) >= 11 is 0. The van der Waals surface area contributed by atoms with Gasteiger partial charge in [-0.2, -0.15) is 0 Å². The fourth-order valence-corrected chi connectivity index (χ4v) is 7.90. The number of likely N-dealkylation sites (N-methyl/N-ethyl adjacent to an activating group) is 1. The average Bonchev–Trinajstić information content (AvgIpc) is 3.76. The standard InChI is InChI=1S/C38H33FN4O4/c1-42-30-12-6-4-10-28(30)38(37(42)46)33(35(44)23-14-16-24(17-15-23)36(45)43-20-18-40-19-21-43)32(27-22-47-31-13-7-3-8-25(27)31)34(41-38)26-9-2-5-11-29(26)39/h2-17,22,32-34,40-41H,18-21H2,1H3/t32-,33+,34+,38-/m1/s1. The fourth-order valence-electron chi connectivity index (χ4n) is 7.90. The van der Waals surface area contributed by atoms with Crippen molar-refractivity contribution in [2.45, 2.75) is 17.5 Å². The molecule has 0 unspecified atom stereocenters. The molecule has 47 heavy (non-hydrogen) atoms. The third kappa shape index (κ3) is 4.45. The first-order valence-corrected chi connectivity index (χ1v) is 15.9. The molecule has 1 spiro atoms. The van der Waals surface area contributed by atoms with E-state index in [9.17, 15) is 9.59 Å². The van der Waals surface area contributed by atoms with Crippen LogP contribution >= 0.6 is 0 Å². The van der Waals surface area contributed by atoms with Crippen LogP contribution in [0.4, 0.5) is 10.1 Å². The van der Waals surface area contributed by atoms with Crippen molar-refractivity contribution in [2.75, 3.05) is 38.1 Å². The van der Waals surface area contributed by atoms with Gasteiger partial charge in [-0.05, 0) is 30.3 Å². The van der Waals surface area contributed by atoms with Crippen LogP contribution in [0, 0.1) is 11.7 Å². The summed E-state index contributed by atoms with van der Waals surface area (Å²) in [6.07, 6.45) is 1.63. The Bertz CT molecular complexity index is 2040. The Kier molecular flexibility index (Phi) is 7.04. The van der Waals surface area contributed by atoms with Gasteiger partial charge in [-0.15, -0.1) is 0 Å². The first-order chi connectivity index (χ1) is 22.9. The Hall–Kier alpha value is -5.12. The van der Waals surface area contributed by atoms with Crippen molar-refractivity contribution < 1.29 is 23.2 Å². The van der Waals surface area contributed by atoms with Crippen molar-refractivity contribution in [3.8, 4) is 0 Å². The number of piperazine rings is 1. The monoisotopic (exact) mass is 628 g/mol. The van der Waals surface area contributed by atoms with E-state index >= 15 is 9.18 Å². The molecule has 3 aliphatic rings. The quantitative estimate of drug-likeness (QED) is 0.253. The number of hydrogen-bond donors (Lipinski definition) is 2. The first kappa shape index (κ1) is 29.3. The topological polar surface area (TPSA) is 94.9 Å². The van der Waals surface area contributed by atoms with E-state index in [4.69, 9.17) is 4.42 Å². The number of ketones is 1. The van der Waals surface area contributed by atoms with Crippen LogP contribution < -0.4 is 15.5 Å². The summed E-state index contributed by atoms with van der Waals surface area (Å²) in [5.41, 5.74) is 2.39. The van der Waals surface area contributed by atoms with Crippen molar-refractivity contribution in [1.29, 1.82) is 0 Å². The molecule has 1 aromatic heterocycles. The summed E-state index contributed by atoms with van der Waals surface area (Å²) in [4.78, 5) is 46.3. The minimum absolute atomic E-state index is 0.0895. The van der Waals surface area contributed by atoms with Crippen molar-refractivity contribution in [3.63, 3.8) is 0 Å². The van der Waals surface area contributed by atoms with E-state index in [-0.39, 0.29) is 17.6 Å². The van der Waals surface area contributed by atoms with Crippen LogP contribution in [0.15, 0.2) is 108 Å². The van der Waals surface area contributed by atoms with E-state index in [2.05, 4.69) is 10.6 Å². The molecule has 2 fully saturated rings. The molecule has 8 rings (SSSR count). The molecule has 3 aliphatic heterocycles. The van der Waals surface area contributed by atoms with Crippen LogP contribution in [-0.2, 0) is 10.3 Å². The predicted molar refractivity (Wildman–Crippen MR) is 176 cm³/mol. The number of benzene rings is 4. The number of nitrogens with zero attached hydrogens (tertiary/aromatic N) is 2. The van der Waals surface area contributed by atoms with Gasteiger partial charge < -0.3 is 19.5 Å². The summed E-state index contributed by atoms with van der Waals surface area (Å²) in [6.45, 7) is 2.69. The molecule has 8 nitrogen and oxygen atoms in total. The molecule has 0 saturated carbocycles. The Morgan fingerprint density at radius 3 is 2.32 bits per heavy atom. The molecule has 9 heteroatoms. The number of para-hydroxylation sites is 2. The molecule has 0 bridgehead atoms. The van der Waals surface area contributed by atoms with Gasteiger partial charge in [-0.1, -0.05) is 66.7 Å². The number of Topliss-reactive ketones (excluding diaryl/α,β-unsaturated/α-hetero) is 1. The van der Waals surface area contributed by atoms with Gasteiger partial charge in [-0.25, -0.2) is 4.39 Å². The third-order valence-corrected chi connectivity index (χ3v) is 10.1. The van der Waals surface area contributed by atoms with Crippen LogP contribution in [0.2, 0.25) is 0 Å². The number of halogens is 1. The van der Waals surface area contributed by atoms with Crippen molar-refractivity contribution >= 4 is 34.3 Å². The van der Waals surface area contributed by atoms with Crippen molar-refractivity contribution in [3.05, 3.63) is 137 Å². The average molecular weight is 629 g/mol. The summed E-state index contributed by atoms with van der Waals surface area (Å²) in [5.74, 6) is -2.80. The third-order valence-electron chi connectivity index (χ3n) is 10.1. The summed E-state index contributed by atoms with van der Waals surface area (Å²) in [7, 11) is 1.70. The van der Waals surface area contributed by atoms with E-state index in [0.29, 0.717) is 52.2 Å². The van der Waals surface area contributed by atoms with Gasteiger partial charge >= 0.3 is 0 Å². The second-order valence-corrected chi connectivity index (χ2v) is 12.5.